The van der Waals surface area contributed by atoms with E-state index < -0.39 is 16.9 Å². The average Bonchev–Trinajstić information content (AvgIpc) is 3.42. The molecule has 0 saturated heterocycles. The number of carbonyl (C=O) groups is 1. The Morgan fingerprint density at radius 1 is 1.09 bits per heavy atom. The summed E-state index contributed by atoms with van der Waals surface area (Å²) in [5.74, 6) is -0.508. The number of aromatic nitrogens is 1. The number of fused-ring (bicyclic) bond motifs is 3. The molecule has 0 bridgehead atoms. The van der Waals surface area contributed by atoms with Crippen molar-refractivity contribution in [1.82, 2.24) is 4.98 Å². The minimum atomic E-state index is -0.828. The Hall–Kier alpha value is -4.37. The topological polar surface area (TPSA) is 107 Å². The predicted molar refractivity (Wildman–Crippen MR) is 133 cm³/mol. The Bertz CT molecular complexity index is 1720. The highest BCUT2D eigenvalue weighted by Crippen LogP contribution is 2.44. The first-order valence-electron chi connectivity index (χ1n) is 11.0. The first-order valence-corrected chi connectivity index (χ1v) is 11.8. The molecule has 0 unspecified atom stereocenters. The van der Waals surface area contributed by atoms with Gasteiger partial charge >= 0.3 is 0 Å². The number of nitrogens with zero attached hydrogens (tertiary/aromatic N) is 3. The molecule has 3 aromatic carbocycles. The molecule has 0 N–H and O–H groups in total. The second-order valence-electron chi connectivity index (χ2n) is 8.25. The Morgan fingerprint density at radius 2 is 1.86 bits per heavy atom. The summed E-state index contributed by atoms with van der Waals surface area (Å²) in [5, 5.41) is 12.0. The van der Waals surface area contributed by atoms with Crippen LogP contribution in [0.4, 0.5) is 10.8 Å². The lowest BCUT2D eigenvalue weighted by molar-refractivity contribution is -0.384. The summed E-state index contributed by atoms with van der Waals surface area (Å²) < 4.78 is 6.88. The number of carbonyl (C=O) groups excluding carboxylic acids is 1. The second-order valence-corrected chi connectivity index (χ2v) is 9.26. The van der Waals surface area contributed by atoms with Crippen molar-refractivity contribution in [2.45, 2.75) is 19.4 Å². The Morgan fingerprint density at radius 3 is 2.60 bits per heavy atom. The monoisotopic (exact) mass is 483 g/mol. The summed E-state index contributed by atoms with van der Waals surface area (Å²) >= 11 is 1.36. The van der Waals surface area contributed by atoms with Crippen molar-refractivity contribution in [3.8, 4) is 0 Å². The van der Waals surface area contributed by atoms with E-state index in [9.17, 15) is 19.7 Å². The van der Waals surface area contributed by atoms with E-state index in [4.69, 9.17) is 9.40 Å². The quantitative estimate of drug-likeness (QED) is 0.242. The highest BCUT2D eigenvalue weighted by atomic mass is 32.1. The zero-order valence-electron chi connectivity index (χ0n) is 18.4. The van der Waals surface area contributed by atoms with Gasteiger partial charge in [0.2, 0.25) is 5.76 Å². The van der Waals surface area contributed by atoms with Gasteiger partial charge in [-0.3, -0.25) is 24.6 Å². The molecule has 1 aliphatic rings. The fourth-order valence-electron chi connectivity index (χ4n) is 4.49. The fraction of sp³-hybridized carbons (Fsp3) is 0.115. The van der Waals surface area contributed by atoms with Gasteiger partial charge in [0.1, 0.15) is 5.58 Å². The molecule has 1 amide bonds. The molecule has 0 radical (unpaired) electrons. The maximum atomic E-state index is 13.7. The largest absolute Gasteiger partial charge is 0.450 e. The molecule has 1 atom stereocenters. The lowest BCUT2D eigenvalue weighted by atomic mass is 9.98. The van der Waals surface area contributed by atoms with Crippen LogP contribution in [-0.2, 0) is 6.42 Å². The van der Waals surface area contributed by atoms with Gasteiger partial charge in [-0.15, -0.1) is 0 Å². The lowest BCUT2D eigenvalue weighted by Gasteiger charge is -2.22. The van der Waals surface area contributed by atoms with Crippen LogP contribution in [0.25, 0.3) is 21.2 Å². The molecule has 1 aliphatic heterocycles. The van der Waals surface area contributed by atoms with Gasteiger partial charge in [0.25, 0.3) is 11.6 Å². The van der Waals surface area contributed by atoms with E-state index in [0.717, 1.165) is 22.2 Å². The third-order valence-corrected chi connectivity index (χ3v) is 7.27. The number of amides is 1. The molecule has 0 spiro atoms. The van der Waals surface area contributed by atoms with Crippen molar-refractivity contribution in [2.24, 2.45) is 0 Å². The van der Waals surface area contributed by atoms with Gasteiger partial charge < -0.3 is 4.42 Å². The van der Waals surface area contributed by atoms with Crippen LogP contribution in [0.5, 0.6) is 0 Å². The predicted octanol–water partition coefficient (Wildman–Crippen LogP) is 5.62. The van der Waals surface area contributed by atoms with E-state index in [-0.39, 0.29) is 22.4 Å². The maximum Gasteiger partial charge on any atom is 0.297 e. The van der Waals surface area contributed by atoms with E-state index in [0.29, 0.717) is 21.7 Å². The number of aryl methyl sites for hydroxylation is 1. The minimum absolute atomic E-state index is 0.0365. The van der Waals surface area contributed by atoms with Crippen molar-refractivity contribution in [3.05, 3.63) is 110 Å². The standard InChI is InChI=1S/C26H17N3O5S/c1-2-14-7-12-18-20(13-14)35-26(27-18)28-22(15-8-10-16(11-9-15)29(32)33)21-23(30)17-5-3-4-6-19(17)34-24(21)25(28)31/h3-13,22H,2H2,1H3/t22-/m0/s1. The summed E-state index contributed by atoms with van der Waals surface area (Å²) in [4.78, 5) is 44.2. The van der Waals surface area contributed by atoms with Gasteiger partial charge in [-0.05, 0) is 53.9 Å². The molecule has 35 heavy (non-hydrogen) atoms. The SMILES string of the molecule is CCc1ccc2nc(N3C(=O)c4oc5ccccc5c(=O)c4[C@@H]3c3ccc([N+](=O)[O-])cc3)sc2c1. The van der Waals surface area contributed by atoms with Crippen LogP contribution >= 0.6 is 11.3 Å². The van der Waals surface area contributed by atoms with Crippen LogP contribution in [0.3, 0.4) is 0 Å². The van der Waals surface area contributed by atoms with Crippen molar-refractivity contribution >= 4 is 49.2 Å². The van der Waals surface area contributed by atoms with Gasteiger partial charge in [-0.25, -0.2) is 4.98 Å². The minimum Gasteiger partial charge on any atom is -0.450 e. The third kappa shape index (κ3) is 3.23. The lowest BCUT2D eigenvalue weighted by Crippen LogP contribution is -2.29. The van der Waals surface area contributed by atoms with Crippen LogP contribution in [0.1, 0.15) is 40.2 Å². The fourth-order valence-corrected chi connectivity index (χ4v) is 5.55. The first-order chi connectivity index (χ1) is 17.0. The molecule has 172 valence electrons. The number of anilines is 1. The highest BCUT2D eigenvalue weighted by Gasteiger charge is 2.45. The van der Waals surface area contributed by atoms with Crippen LogP contribution < -0.4 is 10.3 Å². The van der Waals surface area contributed by atoms with Gasteiger partial charge in [-0.2, -0.15) is 0 Å². The molecule has 2 aromatic heterocycles. The molecule has 8 nitrogen and oxygen atoms in total. The number of para-hydroxylation sites is 1. The number of nitro groups is 1. The highest BCUT2D eigenvalue weighted by molar-refractivity contribution is 7.22. The van der Waals surface area contributed by atoms with E-state index in [2.05, 4.69) is 6.92 Å². The summed E-state index contributed by atoms with van der Waals surface area (Å²) in [6.45, 7) is 2.07. The summed E-state index contributed by atoms with van der Waals surface area (Å²) in [7, 11) is 0. The normalized spacial score (nSPS) is 15.2. The number of rotatable bonds is 4. The van der Waals surface area contributed by atoms with Crippen LogP contribution in [0, 0.1) is 10.1 Å². The van der Waals surface area contributed by atoms with Crippen LogP contribution in [0.15, 0.2) is 75.9 Å². The van der Waals surface area contributed by atoms with E-state index >= 15 is 0 Å². The van der Waals surface area contributed by atoms with E-state index in [1.165, 1.54) is 28.4 Å². The third-order valence-electron chi connectivity index (χ3n) is 6.25. The van der Waals surface area contributed by atoms with Crippen LogP contribution in [0.2, 0.25) is 0 Å². The number of thiazole rings is 1. The number of nitro benzene ring substituents is 1. The number of hydrogen-bond donors (Lipinski definition) is 0. The molecule has 6 rings (SSSR count). The maximum absolute atomic E-state index is 13.7. The Balaban J connectivity index is 1.60. The van der Waals surface area contributed by atoms with Crippen molar-refractivity contribution in [1.29, 1.82) is 0 Å². The van der Waals surface area contributed by atoms with Gasteiger partial charge in [0.05, 0.1) is 32.1 Å². The van der Waals surface area contributed by atoms with Gasteiger partial charge in [0, 0.05) is 12.1 Å². The molecule has 9 heteroatoms. The van der Waals surface area contributed by atoms with Gasteiger partial charge in [0.15, 0.2) is 10.6 Å². The molecule has 5 aromatic rings. The van der Waals surface area contributed by atoms with Crippen LogP contribution in [-0.4, -0.2) is 15.8 Å². The smallest absolute Gasteiger partial charge is 0.297 e. The molecule has 3 heterocycles. The average molecular weight is 484 g/mol. The first kappa shape index (κ1) is 21.2. The summed E-state index contributed by atoms with van der Waals surface area (Å²) in [6, 6.07) is 17.8. The summed E-state index contributed by atoms with van der Waals surface area (Å²) in [5.41, 5.74) is 2.59. The number of hydrogen-bond acceptors (Lipinski definition) is 7. The second kappa shape index (κ2) is 7.85. The number of non-ortho nitro benzene ring substituents is 1. The Kier molecular flexibility index (Phi) is 4.75. The number of benzene rings is 3. The van der Waals surface area contributed by atoms with Crippen molar-refractivity contribution in [3.63, 3.8) is 0 Å². The van der Waals surface area contributed by atoms with Gasteiger partial charge in [-0.1, -0.05) is 36.5 Å². The molecule has 0 fully saturated rings. The zero-order chi connectivity index (χ0) is 24.3. The summed E-state index contributed by atoms with van der Waals surface area (Å²) in [6.07, 6.45) is 0.869. The van der Waals surface area contributed by atoms with Crippen molar-refractivity contribution < 1.29 is 14.1 Å². The molecular formula is C26H17N3O5S. The van der Waals surface area contributed by atoms with E-state index in [1.54, 1.807) is 36.4 Å². The van der Waals surface area contributed by atoms with E-state index in [1.807, 2.05) is 18.2 Å². The molecule has 0 aliphatic carbocycles. The Labute approximate surface area is 202 Å². The molecular weight excluding hydrogens is 466 g/mol. The zero-order valence-corrected chi connectivity index (χ0v) is 19.2. The van der Waals surface area contributed by atoms with Crippen molar-refractivity contribution in [2.75, 3.05) is 4.90 Å². The molecule has 0 saturated carbocycles.